The second kappa shape index (κ2) is 5.96. The zero-order chi connectivity index (χ0) is 16.2. The third-order valence-corrected chi connectivity index (χ3v) is 12.1. The Bertz CT molecular complexity index is 466. The van der Waals surface area contributed by atoms with Gasteiger partial charge in [-0.15, -0.1) is 0 Å². The fraction of sp³-hybridized carbons (Fsp3) is 0.933. The number of esters is 1. The van der Waals surface area contributed by atoms with Gasteiger partial charge in [0.25, 0.3) is 0 Å². The molecule has 0 spiro atoms. The van der Waals surface area contributed by atoms with Crippen LogP contribution in [0.3, 0.4) is 0 Å². The van der Waals surface area contributed by atoms with Gasteiger partial charge in [-0.25, -0.2) is 0 Å². The van der Waals surface area contributed by atoms with Crippen molar-refractivity contribution < 1.29 is 62.4 Å². The van der Waals surface area contributed by atoms with Crippen LogP contribution < -0.4 is 46.2 Å². The van der Waals surface area contributed by atoms with Gasteiger partial charge in [-0.05, 0) is 0 Å². The number of fused-ring (bicyclic) bond motifs is 2. The van der Waals surface area contributed by atoms with E-state index in [1.54, 1.807) is 0 Å². The number of halogens is 2. The molecule has 5 nitrogen and oxygen atoms in total. The summed E-state index contributed by atoms with van der Waals surface area (Å²) in [5.41, 5.74) is -1.47. The molecular formula is C15H25I2NO4-2. The second-order valence-electron chi connectivity index (χ2n) is 7.46. The van der Waals surface area contributed by atoms with E-state index in [2.05, 4.69) is 8.46 Å². The molecule has 22 heavy (non-hydrogen) atoms. The predicted molar refractivity (Wildman–Crippen MR) is 73.3 cm³/mol. The number of ether oxygens (including phenoxy) is 1. The van der Waals surface area contributed by atoms with Gasteiger partial charge in [-0.1, -0.05) is 0 Å². The van der Waals surface area contributed by atoms with Gasteiger partial charge in [0.2, 0.25) is 0 Å². The zero-order valence-corrected chi connectivity index (χ0v) is 17.5. The fourth-order valence-electron chi connectivity index (χ4n) is 4.21. The van der Waals surface area contributed by atoms with Crippen LogP contribution in [0.2, 0.25) is 0 Å². The monoisotopic (exact) mass is 537 g/mol. The summed E-state index contributed by atoms with van der Waals surface area (Å²) in [6.07, 6.45) is 2.69. The van der Waals surface area contributed by atoms with Crippen LogP contribution in [-0.4, -0.2) is 45.9 Å². The maximum absolute atomic E-state index is 12.9. The molecule has 0 aromatic rings. The van der Waals surface area contributed by atoms with E-state index < -0.39 is 17.3 Å². The van der Waals surface area contributed by atoms with Crippen molar-refractivity contribution in [2.24, 2.45) is 5.92 Å². The summed E-state index contributed by atoms with van der Waals surface area (Å²) in [5, 5.41) is 20.7. The second-order valence-corrected chi connectivity index (χ2v) is 13.3. The summed E-state index contributed by atoms with van der Waals surface area (Å²) < 4.78 is 9.41. The Morgan fingerprint density at radius 2 is 2.14 bits per heavy atom. The van der Waals surface area contributed by atoms with Gasteiger partial charge in [0.1, 0.15) is 0 Å². The van der Waals surface area contributed by atoms with Crippen molar-refractivity contribution in [3.8, 4) is 0 Å². The number of hydrogen-bond acceptors (Lipinski definition) is 5. The van der Waals surface area contributed by atoms with E-state index in [1.807, 2.05) is 13.8 Å². The van der Waals surface area contributed by atoms with Crippen molar-refractivity contribution in [1.29, 1.82) is 0 Å². The van der Waals surface area contributed by atoms with E-state index in [0.717, 1.165) is 6.42 Å². The van der Waals surface area contributed by atoms with Crippen LogP contribution in [0, 0.1) is 5.92 Å². The normalized spacial score (nSPS) is 47.2. The first-order valence-electron chi connectivity index (χ1n) is 7.70. The maximum atomic E-state index is 12.9. The molecule has 6 atom stereocenters. The van der Waals surface area contributed by atoms with E-state index in [0.29, 0.717) is 29.7 Å². The first-order chi connectivity index (χ1) is 10.2. The average Bonchev–Trinajstić information content (AvgIpc) is 3.18. The van der Waals surface area contributed by atoms with Crippen LogP contribution in [0.1, 0.15) is 46.0 Å². The van der Waals surface area contributed by atoms with E-state index in [9.17, 15) is 15.0 Å². The van der Waals surface area contributed by atoms with Crippen molar-refractivity contribution in [2.45, 2.75) is 70.7 Å². The molecule has 7 heteroatoms. The van der Waals surface area contributed by atoms with Crippen molar-refractivity contribution in [3.05, 3.63) is 0 Å². The van der Waals surface area contributed by atoms with Crippen molar-refractivity contribution in [2.75, 3.05) is 4.93 Å². The van der Waals surface area contributed by atoms with Crippen LogP contribution >= 0.6 is 0 Å². The molecule has 2 saturated carbocycles. The van der Waals surface area contributed by atoms with Crippen LogP contribution in [-0.2, 0) is 9.53 Å². The molecule has 0 radical (unpaired) electrons. The van der Waals surface area contributed by atoms with Crippen LogP contribution in [0.15, 0.2) is 0 Å². The minimum atomic E-state index is -0.800. The molecule has 1 heterocycles. The Morgan fingerprint density at radius 3 is 2.73 bits per heavy atom. The first-order valence-corrected chi connectivity index (χ1v) is 13.3. The fourth-order valence-corrected chi connectivity index (χ4v) is 10.1. The molecule has 1 aliphatic heterocycles. The molecule has 2 bridgehead atoms. The molecule has 6 unspecified atom stereocenters. The Kier molecular flexibility index (Phi) is 4.78. The van der Waals surface area contributed by atoms with Gasteiger partial charge < -0.3 is 0 Å². The third-order valence-electron chi connectivity index (χ3n) is 5.10. The van der Waals surface area contributed by atoms with E-state index >= 15 is 0 Å². The van der Waals surface area contributed by atoms with Gasteiger partial charge in [0, 0.05) is 0 Å². The Labute approximate surface area is 152 Å². The summed E-state index contributed by atoms with van der Waals surface area (Å²) in [4.78, 5) is 15.0. The van der Waals surface area contributed by atoms with Gasteiger partial charge in [0.15, 0.2) is 0 Å². The van der Waals surface area contributed by atoms with E-state index in [-0.39, 0.29) is 58.0 Å². The number of aliphatic hydroxyl groups is 2. The molecule has 2 aliphatic carbocycles. The molecule has 3 aliphatic rings. The van der Waals surface area contributed by atoms with Crippen LogP contribution in [0.4, 0.5) is 0 Å². The van der Waals surface area contributed by atoms with Crippen LogP contribution in [0.25, 0.3) is 0 Å². The summed E-state index contributed by atoms with van der Waals surface area (Å²) in [6, 6.07) is 0. The SMILES string of the molecule is C[I-]C(C)(C(=O)OC12CC(O)CC(CC(C)(O)C1)C2)C1N[I-]1. The summed E-state index contributed by atoms with van der Waals surface area (Å²) in [6.45, 7) is 3.86. The van der Waals surface area contributed by atoms with Gasteiger partial charge in [-0.2, -0.15) is 0 Å². The van der Waals surface area contributed by atoms with E-state index in [1.165, 1.54) is 0 Å². The average molecular weight is 537 g/mol. The zero-order valence-electron chi connectivity index (χ0n) is 13.2. The van der Waals surface area contributed by atoms with E-state index in [4.69, 9.17) is 4.74 Å². The van der Waals surface area contributed by atoms with Gasteiger partial charge >= 0.3 is 154 Å². The number of rotatable bonds is 4. The first kappa shape index (κ1) is 17.6. The molecular weight excluding hydrogens is 512 g/mol. The van der Waals surface area contributed by atoms with Crippen molar-refractivity contribution in [1.82, 2.24) is 3.53 Å². The van der Waals surface area contributed by atoms with Crippen molar-refractivity contribution in [3.63, 3.8) is 0 Å². The topological polar surface area (TPSA) is 88.7 Å². The van der Waals surface area contributed by atoms with Gasteiger partial charge in [-0.3, -0.25) is 0 Å². The number of nitrogens with one attached hydrogen (secondary N) is 1. The summed E-state index contributed by atoms with van der Waals surface area (Å²) in [7, 11) is 0. The third kappa shape index (κ3) is 3.43. The molecule has 3 fully saturated rings. The molecule has 0 aromatic carbocycles. The standard InChI is InChI=1S/C15H25I2NO4/c1-13(21)5-9-4-10(19)7-15(6-9,8-13)22-12(20)14(2,16-3)11-17-18-11/h9-11,18-19,21H,4-8H2,1-3H3/q-2. The van der Waals surface area contributed by atoms with Crippen molar-refractivity contribution >= 4 is 5.97 Å². The number of alkyl halides is 3. The van der Waals surface area contributed by atoms with Crippen LogP contribution in [0.5, 0.6) is 0 Å². The molecule has 0 amide bonds. The minimum absolute atomic E-state index is 0.0471. The molecule has 1 saturated heterocycles. The number of carbonyl (C=O) groups is 1. The quantitative estimate of drug-likeness (QED) is 0.0833. The molecule has 3 rings (SSSR count). The molecule has 130 valence electrons. The molecule has 0 aromatic heterocycles. The number of aliphatic hydroxyl groups excluding tert-OH is 1. The Balaban J connectivity index is 1.80. The molecule has 3 N–H and O–H groups in total. The summed E-state index contributed by atoms with van der Waals surface area (Å²) >= 11 is -0.328. The van der Waals surface area contributed by atoms with Gasteiger partial charge in [0.05, 0.1) is 0 Å². The Hall–Kier alpha value is 0.810. The number of hydrogen-bond donors (Lipinski definition) is 3. The summed E-state index contributed by atoms with van der Waals surface area (Å²) in [5.74, 6) is 0.136. The number of carbonyl (C=O) groups excluding carboxylic acids is 1. The Morgan fingerprint density at radius 1 is 1.45 bits per heavy atom. The predicted octanol–water partition coefficient (Wildman–Crippen LogP) is -5.61.